The van der Waals surface area contributed by atoms with Crippen LogP contribution in [0.5, 0.6) is 0 Å². The number of hydrogen-bond donors (Lipinski definition) is 1. The highest BCUT2D eigenvalue weighted by Gasteiger charge is 2.10. The van der Waals surface area contributed by atoms with Crippen LogP contribution in [0, 0.1) is 5.82 Å². The van der Waals surface area contributed by atoms with E-state index in [0.29, 0.717) is 10.9 Å². The molecule has 0 aliphatic carbocycles. The molecule has 0 saturated heterocycles. The molecule has 2 nitrogen and oxygen atoms in total. The Morgan fingerprint density at radius 3 is 2.67 bits per heavy atom. The van der Waals surface area contributed by atoms with Crippen LogP contribution in [-0.4, -0.2) is 4.98 Å². The fourth-order valence-corrected chi connectivity index (χ4v) is 2.49. The molecule has 2 rings (SSSR count). The van der Waals surface area contributed by atoms with Crippen molar-refractivity contribution in [2.75, 3.05) is 0 Å². The van der Waals surface area contributed by atoms with Crippen LogP contribution in [0.15, 0.2) is 45.6 Å². The molecule has 18 heavy (non-hydrogen) atoms. The average molecular weight is 374 g/mol. The normalized spacial score (nSPS) is 12.4. The second-order valence-corrected chi connectivity index (χ2v) is 5.77. The summed E-state index contributed by atoms with van der Waals surface area (Å²) >= 11 is 6.53. The number of rotatable bonds is 3. The van der Waals surface area contributed by atoms with E-state index >= 15 is 0 Å². The van der Waals surface area contributed by atoms with E-state index in [0.717, 1.165) is 15.6 Å². The van der Waals surface area contributed by atoms with Crippen LogP contribution in [0.25, 0.3) is 0 Å². The fourth-order valence-electron chi connectivity index (χ4n) is 1.68. The van der Waals surface area contributed by atoms with Crippen LogP contribution in [0.2, 0.25) is 0 Å². The monoisotopic (exact) mass is 372 g/mol. The predicted molar refractivity (Wildman–Crippen MR) is 76.7 cm³/mol. The average Bonchev–Trinajstić information content (AvgIpc) is 2.32. The lowest BCUT2D eigenvalue weighted by atomic mass is 10.0. The van der Waals surface area contributed by atoms with Crippen molar-refractivity contribution in [2.24, 2.45) is 5.73 Å². The van der Waals surface area contributed by atoms with Gasteiger partial charge in [-0.2, -0.15) is 0 Å². The molecule has 0 fully saturated rings. The SMILES string of the molecule is NC(Cc1cncc(Br)c1)c1ccc(F)c(Br)c1. The number of nitrogens with zero attached hydrogens (tertiary/aromatic N) is 1. The molecule has 0 spiro atoms. The number of pyridine rings is 1. The Morgan fingerprint density at radius 1 is 1.22 bits per heavy atom. The van der Waals surface area contributed by atoms with Crippen molar-refractivity contribution in [2.45, 2.75) is 12.5 Å². The van der Waals surface area contributed by atoms with Crippen LogP contribution in [-0.2, 0) is 6.42 Å². The van der Waals surface area contributed by atoms with E-state index in [9.17, 15) is 4.39 Å². The van der Waals surface area contributed by atoms with Gasteiger partial charge in [-0.1, -0.05) is 6.07 Å². The van der Waals surface area contributed by atoms with Gasteiger partial charge in [0.05, 0.1) is 4.47 Å². The molecular weight excluding hydrogens is 363 g/mol. The van der Waals surface area contributed by atoms with E-state index in [-0.39, 0.29) is 11.9 Å². The van der Waals surface area contributed by atoms with Crippen molar-refractivity contribution in [3.05, 3.63) is 62.5 Å². The molecule has 2 N–H and O–H groups in total. The van der Waals surface area contributed by atoms with E-state index in [4.69, 9.17) is 5.73 Å². The minimum absolute atomic E-state index is 0.182. The summed E-state index contributed by atoms with van der Waals surface area (Å²) < 4.78 is 14.5. The van der Waals surface area contributed by atoms with Crippen LogP contribution in [0.1, 0.15) is 17.2 Å². The second-order valence-electron chi connectivity index (χ2n) is 4.00. The van der Waals surface area contributed by atoms with Gasteiger partial charge < -0.3 is 5.73 Å². The predicted octanol–water partition coefficient (Wildman–Crippen LogP) is 3.99. The van der Waals surface area contributed by atoms with Crippen LogP contribution < -0.4 is 5.73 Å². The summed E-state index contributed by atoms with van der Waals surface area (Å²) in [5, 5.41) is 0. The molecule has 1 aromatic heterocycles. The van der Waals surface area contributed by atoms with Gasteiger partial charge in [-0.3, -0.25) is 4.98 Å². The first kappa shape index (κ1) is 13.6. The first-order valence-corrected chi connectivity index (χ1v) is 6.95. The van der Waals surface area contributed by atoms with Gasteiger partial charge in [0, 0.05) is 22.9 Å². The molecule has 94 valence electrons. The van der Waals surface area contributed by atoms with E-state index < -0.39 is 0 Å². The largest absolute Gasteiger partial charge is 0.324 e. The summed E-state index contributed by atoms with van der Waals surface area (Å²) in [5.41, 5.74) is 8.04. The van der Waals surface area contributed by atoms with Gasteiger partial charge in [0.15, 0.2) is 0 Å². The third-order valence-corrected chi connectivity index (χ3v) is 3.63. The third-order valence-electron chi connectivity index (χ3n) is 2.59. The maximum atomic E-state index is 13.1. The zero-order chi connectivity index (χ0) is 13.1. The van der Waals surface area contributed by atoms with Crippen LogP contribution >= 0.6 is 31.9 Å². The molecule has 0 radical (unpaired) electrons. The maximum absolute atomic E-state index is 13.1. The van der Waals surface area contributed by atoms with Gasteiger partial charge in [0.1, 0.15) is 5.82 Å². The Kier molecular flexibility index (Phi) is 4.48. The third kappa shape index (κ3) is 3.37. The number of benzene rings is 1. The lowest BCUT2D eigenvalue weighted by Gasteiger charge is -2.12. The molecular formula is C13H11Br2FN2. The number of halogens is 3. The Labute approximate surface area is 122 Å². The highest BCUT2D eigenvalue weighted by atomic mass is 79.9. The van der Waals surface area contributed by atoms with Crippen molar-refractivity contribution >= 4 is 31.9 Å². The highest BCUT2D eigenvalue weighted by Crippen LogP contribution is 2.23. The lowest BCUT2D eigenvalue weighted by Crippen LogP contribution is -2.13. The Balaban J connectivity index is 2.16. The molecule has 5 heteroatoms. The van der Waals surface area contributed by atoms with Crippen LogP contribution in [0.4, 0.5) is 4.39 Å². The minimum atomic E-state index is -0.282. The smallest absolute Gasteiger partial charge is 0.137 e. The molecule has 0 saturated carbocycles. The van der Waals surface area contributed by atoms with Gasteiger partial charge in [0.25, 0.3) is 0 Å². The van der Waals surface area contributed by atoms with Gasteiger partial charge in [-0.25, -0.2) is 4.39 Å². The van der Waals surface area contributed by atoms with E-state index in [1.807, 2.05) is 6.07 Å². The zero-order valence-corrected chi connectivity index (χ0v) is 12.6. The lowest BCUT2D eigenvalue weighted by molar-refractivity contribution is 0.617. The van der Waals surface area contributed by atoms with Gasteiger partial charge in [-0.05, 0) is 67.6 Å². The first-order chi connectivity index (χ1) is 8.56. The van der Waals surface area contributed by atoms with E-state index in [2.05, 4.69) is 36.8 Å². The van der Waals surface area contributed by atoms with Crippen molar-refractivity contribution in [1.29, 1.82) is 0 Å². The number of nitrogens with two attached hydrogens (primary N) is 1. The molecule has 1 aromatic carbocycles. The Morgan fingerprint density at radius 2 is 2.00 bits per heavy atom. The fraction of sp³-hybridized carbons (Fsp3) is 0.154. The molecule has 0 bridgehead atoms. The Hall–Kier alpha value is -0.780. The second kappa shape index (κ2) is 5.91. The van der Waals surface area contributed by atoms with Crippen molar-refractivity contribution < 1.29 is 4.39 Å². The molecule has 2 aromatic rings. The van der Waals surface area contributed by atoms with Gasteiger partial charge in [-0.15, -0.1) is 0 Å². The molecule has 1 unspecified atom stereocenters. The minimum Gasteiger partial charge on any atom is -0.324 e. The molecule has 1 atom stereocenters. The van der Waals surface area contributed by atoms with Crippen LogP contribution in [0.3, 0.4) is 0 Å². The topological polar surface area (TPSA) is 38.9 Å². The van der Waals surface area contributed by atoms with Crippen molar-refractivity contribution in [3.8, 4) is 0 Å². The molecule has 0 aliphatic rings. The van der Waals surface area contributed by atoms with Crippen molar-refractivity contribution in [1.82, 2.24) is 4.98 Å². The summed E-state index contributed by atoms with van der Waals surface area (Å²) in [5.74, 6) is -0.282. The zero-order valence-electron chi connectivity index (χ0n) is 9.41. The van der Waals surface area contributed by atoms with Gasteiger partial charge in [0.2, 0.25) is 0 Å². The molecule has 1 heterocycles. The number of hydrogen-bond acceptors (Lipinski definition) is 2. The first-order valence-electron chi connectivity index (χ1n) is 5.36. The maximum Gasteiger partial charge on any atom is 0.137 e. The molecule has 0 amide bonds. The standard InChI is InChI=1S/C13H11Br2FN2/c14-10-3-8(6-18-7-10)4-13(17)9-1-2-12(16)11(15)5-9/h1-3,5-7,13H,4,17H2. The quantitative estimate of drug-likeness (QED) is 0.883. The summed E-state index contributed by atoms with van der Waals surface area (Å²) in [6.07, 6.45) is 4.16. The number of aromatic nitrogens is 1. The summed E-state index contributed by atoms with van der Waals surface area (Å²) in [7, 11) is 0. The van der Waals surface area contributed by atoms with Crippen molar-refractivity contribution in [3.63, 3.8) is 0 Å². The van der Waals surface area contributed by atoms with Gasteiger partial charge >= 0.3 is 0 Å². The molecule has 0 aliphatic heterocycles. The summed E-state index contributed by atoms with van der Waals surface area (Å²) in [4.78, 5) is 4.09. The Bertz CT molecular complexity index is 560. The van der Waals surface area contributed by atoms with E-state index in [1.165, 1.54) is 6.07 Å². The summed E-state index contributed by atoms with van der Waals surface area (Å²) in [6.45, 7) is 0. The highest BCUT2D eigenvalue weighted by molar-refractivity contribution is 9.10. The van der Waals surface area contributed by atoms with E-state index in [1.54, 1.807) is 24.5 Å². The summed E-state index contributed by atoms with van der Waals surface area (Å²) in [6, 6.07) is 6.63.